The molecule has 0 fully saturated rings. The highest BCUT2D eigenvalue weighted by molar-refractivity contribution is 5.33. The summed E-state index contributed by atoms with van der Waals surface area (Å²) in [6, 6.07) is 7.96. The first-order valence-corrected chi connectivity index (χ1v) is 5.90. The van der Waals surface area contributed by atoms with Crippen LogP contribution >= 0.6 is 0 Å². The number of hydrogen-bond acceptors (Lipinski definition) is 3. The van der Waals surface area contributed by atoms with Crippen molar-refractivity contribution in [3.8, 4) is 6.07 Å². The molecule has 0 heterocycles. The minimum Gasteiger partial charge on any atom is -0.298 e. The highest BCUT2D eigenvalue weighted by Crippen LogP contribution is 2.16. The van der Waals surface area contributed by atoms with Crippen molar-refractivity contribution in [1.29, 1.82) is 5.26 Å². The van der Waals surface area contributed by atoms with Crippen LogP contribution in [0.2, 0.25) is 0 Å². The smallest absolute Gasteiger partial charge is 0.121 e. The Morgan fingerprint density at radius 1 is 1.44 bits per heavy atom. The summed E-state index contributed by atoms with van der Waals surface area (Å²) in [5.74, 6) is 0. The molecule has 18 heavy (non-hydrogen) atoms. The summed E-state index contributed by atoms with van der Waals surface area (Å²) in [6.45, 7) is 5.20. The maximum absolute atomic E-state index is 9.15. The van der Waals surface area contributed by atoms with Gasteiger partial charge in [0.2, 0.25) is 0 Å². The third kappa shape index (κ3) is 4.10. The Kier molecular flexibility index (Phi) is 5.72. The van der Waals surface area contributed by atoms with Gasteiger partial charge in [-0.05, 0) is 49.0 Å². The van der Waals surface area contributed by atoms with Gasteiger partial charge >= 0.3 is 0 Å². The van der Waals surface area contributed by atoms with E-state index >= 15 is 0 Å². The van der Waals surface area contributed by atoms with Crippen LogP contribution in [0.1, 0.15) is 29.2 Å². The summed E-state index contributed by atoms with van der Waals surface area (Å²) in [4.78, 5) is 2.68. The molecule has 1 N–H and O–H groups in total. The topological polar surface area (TPSA) is 84.6 Å². The van der Waals surface area contributed by atoms with E-state index in [0.29, 0.717) is 13.1 Å². The van der Waals surface area contributed by atoms with Crippen LogP contribution in [0.3, 0.4) is 0 Å². The number of azide groups is 1. The number of nitrogens with zero attached hydrogens (tertiary/aromatic N) is 4. The van der Waals surface area contributed by atoms with Crippen molar-refractivity contribution < 1.29 is 0 Å². The normalized spacial score (nSPS) is 11.4. The molecular formula is C13H17N5. The lowest BCUT2D eigenvalue weighted by atomic mass is 10.0. The van der Waals surface area contributed by atoms with E-state index in [1.54, 1.807) is 0 Å². The Bertz CT molecular complexity index is 483. The molecule has 0 amide bonds. The van der Waals surface area contributed by atoms with E-state index in [-0.39, 0.29) is 6.04 Å². The minimum atomic E-state index is -0.310. The Labute approximate surface area is 107 Å². The second-order valence-corrected chi connectivity index (χ2v) is 4.17. The SMILES string of the molecule is Cc1ccc(C(C#N)NCCCN=[N+]=[N-])cc1C. The van der Waals surface area contributed by atoms with E-state index in [1.807, 2.05) is 32.0 Å². The number of aryl methyl sites for hydroxylation is 2. The van der Waals surface area contributed by atoms with Crippen LogP contribution in [0.15, 0.2) is 23.3 Å². The second kappa shape index (κ2) is 7.33. The van der Waals surface area contributed by atoms with Crippen molar-refractivity contribution in [1.82, 2.24) is 5.32 Å². The summed E-state index contributed by atoms with van der Waals surface area (Å²) in [6.07, 6.45) is 0.729. The maximum atomic E-state index is 9.15. The van der Waals surface area contributed by atoms with Gasteiger partial charge in [0.1, 0.15) is 6.04 Å². The summed E-state index contributed by atoms with van der Waals surface area (Å²) in [5, 5.41) is 15.7. The van der Waals surface area contributed by atoms with Crippen molar-refractivity contribution in [2.24, 2.45) is 5.11 Å². The molecular weight excluding hydrogens is 226 g/mol. The quantitative estimate of drug-likeness (QED) is 0.360. The lowest BCUT2D eigenvalue weighted by Gasteiger charge is -2.13. The minimum absolute atomic E-state index is 0.310. The molecule has 1 aromatic rings. The van der Waals surface area contributed by atoms with E-state index in [2.05, 4.69) is 21.4 Å². The van der Waals surface area contributed by atoms with Crippen LogP contribution in [-0.4, -0.2) is 13.1 Å². The molecule has 5 nitrogen and oxygen atoms in total. The van der Waals surface area contributed by atoms with Crippen LogP contribution in [0.4, 0.5) is 0 Å². The Hall–Kier alpha value is -2.02. The van der Waals surface area contributed by atoms with Gasteiger partial charge in [-0.15, -0.1) is 0 Å². The molecule has 1 unspecified atom stereocenters. The lowest BCUT2D eigenvalue weighted by Crippen LogP contribution is -2.21. The molecule has 5 heteroatoms. The van der Waals surface area contributed by atoms with E-state index in [0.717, 1.165) is 12.0 Å². The van der Waals surface area contributed by atoms with Crippen LogP contribution in [0.5, 0.6) is 0 Å². The lowest BCUT2D eigenvalue weighted by molar-refractivity contribution is 0.607. The molecule has 0 radical (unpaired) electrons. The van der Waals surface area contributed by atoms with Gasteiger partial charge in [0, 0.05) is 11.5 Å². The second-order valence-electron chi connectivity index (χ2n) is 4.17. The van der Waals surface area contributed by atoms with Gasteiger partial charge in [0.05, 0.1) is 6.07 Å². The van der Waals surface area contributed by atoms with Crippen molar-refractivity contribution in [2.75, 3.05) is 13.1 Å². The largest absolute Gasteiger partial charge is 0.298 e. The average Bonchev–Trinajstić information content (AvgIpc) is 2.37. The molecule has 0 spiro atoms. The predicted octanol–water partition coefficient (Wildman–Crippen LogP) is 3.16. The van der Waals surface area contributed by atoms with Crippen LogP contribution < -0.4 is 5.32 Å². The molecule has 0 saturated heterocycles. The van der Waals surface area contributed by atoms with Gasteiger partial charge in [-0.3, -0.25) is 5.32 Å². The molecule has 1 aromatic carbocycles. The molecule has 0 aliphatic heterocycles. The molecule has 0 aliphatic rings. The fourth-order valence-corrected chi connectivity index (χ4v) is 1.62. The number of nitriles is 1. The van der Waals surface area contributed by atoms with E-state index in [9.17, 15) is 0 Å². The summed E-state index contributed by atoms with van der Waals surface area (Å²) >= 11 is 0. The maximum Gasteiger partial charge on any atom is 0.121 e. The highest BCUT2D eigenvalue weighted by Gasteiger charge is 2.09. The molecule has 1 rings (SSSR count). The van der Waals surface area contributed by atoms with E-state index in [4.69, 9.17) is 10.8 Å². The van der Waals surface area contributed by atoms with Crippen molar-refractivity contribution in [2.45, 2.75) is 26.3 Å². The van der Waals surface area contributed by atoms with Gasteiger partial charge in [-0.25, -0.2) is 0 Å². The zero-order chi connectivity index (χ0) is 13.4. The first-order chi connectivity index (χ1) is 8.69. The van der Waals surface area contributed by atoms with Crippen molar-refractivity contribution in [3.05, 3.63) is 45.3 Å². The van der Waals surface area contributed by atoms with Crippen molar-refractivity contribution >= 4 is 0 Å². The summed E-state index contributed by atoms with van der Waals surface area (Å²) in [5.41, 5.74) is 11.5. The fourth-order valence-electron chi connectivity index (χ4n) is 1.62. The fraction of sp³-hybridized carbons (Fsp3) is 0.462. The van der Waals surface area contributed by atoms with Crippen LogP contribution in [0.25, 0.3) is 10.4 Å². The number of benzene rings is 1. The Morgan fingerprint density at radius 3 is 2.83 bits per heavy atom. The van der Waals surface area contributed by atoms with Gasteiger partial charge < -0.3 is 0 Å². The zero-order valence-electron chi connectivity index (χ0n) is 10.7. The van der Waals surface area contributed by atoms with Gasteiger partial charge in [0.25, 0.3) is 0 Å². The average molecular weight is 243 g/mol. The van der Waals surface area contributed by atoms with Crippen LogP contribution in [-0.2, 0) is 0 Å². The third-order valence-corrected chi connectivity index (χ3v) is 2.84. The monoisotopic (exact) mass is 243 g/mol. The molecule has 0 saturated carbocycles. The number of nitrogens with one attached hydrogen (secondary N) is 1. The van der Waals surface area contributed by atoms with E-state index < -0.39 is 0 Å². The molecule has 0 aromatic heterocycles. The summed E-state index contributed by atoms with van der Waals surface area (Å²) < 4.78 is 0. The first-order valence-electron chi connectivity index (χ1n) is 5.90. The molecule has 0 bridgehead atoms. The van der Waals surface area contributed by atoms with Gasteiger partial charge in [-0.2, -0.15) is 5.26 Å². The van der Waals surface area contributed by atoms with E-state index in [1.165, 1.54) is 11.1 Å². The third-order valence-electron chi connectivity index (χ3n) is 2.84. The summed E-state index contributed by atoms with van der Waals surface area (Å²) in [7, 11) is 0. The highest BCUT2D eigenvalue weighted by atomic mass is 15.1. The number of rotatable bonds is 6. The molecule has 0 aliphatic carbocycles. The predicted molar refractivity (Wildman–Crippen MR) is 70.9 cm³/mol. The first kappa shape index (κ1) is 14.0. The number of hydrogen-bond donors (Lipinski definition) is 1. The van der Waals surface area contributed by atoms with Gasteiger partial charge in [0.15, 0.2) is 0 Å². The van der Waals surface area contributed by atoms with Crippen LogP contribution in [0, 0.1) is 25.2 Å². The van der Waals surface area contributed by atoms with Gasteiger partial charge in [-0.1, -0.05) is 23.3 Å². The standard InChI is InChI=1S/C13H17N5/c1-10-4-5-12(8-11(10)2)13(9-14)16-6-3-7-17-18-15/h4-5,8,13,16H,3,6-7H2,1-2H3. The van der Waals surface area contributed by atoms with Crippen molar-refractivity contribution in [3.63, 3.8) is 0 Å². The Morgan fingerprint density at radius 2 is 2.22 bits per heavy atom. The molecule has 1 atom stereocenters. The molecule has 94 valence electrons. The zero-order valence-corrected chi connectivity index (χ0v) is 10.7. The Balaban J connectivity index is 2.58.